The lowest BCUT2D eigenvalue weighted by Crippen LogP contribution is -2.17. The second-order valence-electron chi connectivity index (χ2n) is 4.59. The number of hydrogen-bond donors (Lipinski definition) is 1. The Morgan fingerprint density at radius 3 is 2.67 bits per heavy atom. The third kappa shape index (κ3) is 4.97. The molecule has 0 unspecified atom stereocenters. The van der Waals surface area contributed by atoms with Gasteiger partial charge in [-0.3, -0.25) is 4.79 Å². The molecule has 0 spiro atoms. The number of esters is 1. The van der Waals surface area contributed by atoms with Crippen molar-refractivity contribution < 1.29 is 23.8 Å². The number of carbonyl (C=O) groups is 2. The Morgan fingerprint density at radius 1 is 1.25 bits per heavy atom. The highest BCUT2D eigenvalue weighted by molar-refractivity contribution is 8.26. The van der Waals surface area contributed by atoms with Crippen molar-refractivity contribution in [2.45, 2.75) is 13.8 Å². The number of thiocarbonyl (C=S) groups is 1. The lowest BCUT2D eigenvalue weighted by atomic mass is 10.2. The van der Waals surface area contributed by atoms with Crippen LogP contribution in [0.3, 0.4) is 0 Å². The molecular weight excluding hydrogens is 350 g/mol. The molecule has 0 bridgehead atoms. The average Bonchev–Trinajstić information content (AvgIpc) is 2.85. The van der Waals surface area contributed by atoms with E-state index in [9.17, 15) is 9.59 Å². The summed E-state index contributed by atoms with van der Waals surface area (Å²) >= 11 is 6.17. The molecule has 1 N–H and O–H groups in total. The fourth-order valence-electron chi connectivity index (χ4n) is 1.91. The molecule has 0 radical (unpaired) electrons. The first-order valence-electron chi connectivity index (χ1n) is 7.33. The van der Waals surface area contributed by atoms with E-state index in [-0.39, 0.29) is 12.5 Å². The molecule has 24 heavy (non-hydrogen) atoms. The van der Waals surface area contributed by atoms with Crippen LogP contribution in [0, 0.1) is 0 Å². The van der Waals surface area contributed by atoms with Crippen LogP contribution in [0.5, 0.6) is 11.5 Å². The zero-order chi connectivity index (χ0) is 17.5. The van der Waals surface area contributed by atoms with Crippen molar-refractivity contribution in [3.8, 4) is 11.5 Å². The van der Waals surface area contributed by atoms with Crippen LogP contribution in [0.4, 0.5) is 0 Å². The first-order chi connectivity index (χ1) is 11.5. The van der Waals surface area contributed by atoms with E-state index < -0.39 is 5.97 Å². The molecule has 2 rings (SSSR count). The molecule has 1 aliphatic heterocycles. The summed E-state index contributed by atoms with van der Waals surface area (Å²) in [5, 5.41) is 2.56. The summed E-state index contributed by atoms with van der Waals surface area (Å²) in [6.45, 7) is 4.12. The largest absolute Gasteiger partial charge is 0.490 e. The maximum absolute atomic E-state index is 11.7. The number of thioether (sulfide) groups is 1. The third-order valence-electron chi connectivity index (χ3n) is 2.86. The highest BCUT2D eigenvalue weighted by Crippen LogP contribution is 2.31. The number of hydrogen-bond acceptors (Lipinski definition) is 7. The Labute approximate surface area is 149 Å². The SMILES string of the molecule is CCOC(=O)COc1ccc(/C=C2\SC(=S)NC2=O)cc1OCC. The summed E-state index contributed by atoms with van der Waals surface area (Å²) in [7, 11) is 0. The van der Waals surface area contributed by atoms with Gasteiger partial charge in [0.15, 0.2) is 18.1 Å². The van der Waals surface area contributed by atoms with Crippen molar-refractivity contribution in [3.05, 3.63) is 28.7 Å². The van der Waals surface area contributed by atoms with Gasteiger partial charge in [-0.2, -0.15) is 0 Å². The van der Waals surface area contributed by atoms with Gasteiger partial charge < -0.3 is 19.5 Å². The maximum atomic E-state index is 11.7. The highest BCUT2D eigenvalue weighted by atomic mass is 32.2. The quantitative estimate of drug-likeness (QED) is 0.451. The predicted octanol–water partition coefficient (Wildman–Crippen LogP) is 2.52. The van der Waals surface area contributed by atoms with Crippen molar-refractivity contribution in [3.63, 3.8) is 0 Å². The van der Waals surface area contributed by atoms with Gasteiger partial charge in [-0.1, -0.05) is 30.0 Å². The molecule has 6 nitrogen and oxygen atoms in total. The van der Waals surface area contributed by atoms with Crippen LogP contribution in [-0.2, 0) is 14.3 Å². The zero-order valence-electron chi connectivity index (χ0n) is 13.3. The first-order valence-corrected chi connectivity index (χ1v) is 8.56. The minimum Gasteiger partial charge on any atom is -0.490 e. The summed E-state index contributed by atoms with van der Waals surface area (Å²) in [6, 6.07) is 5.20. The second-order valence-corrected chi connectivity index (χ2v) is 6.30. The standard InChI is InChI=1S/C16H17NO5S2/c1-3-20-12-7-10(8-13-15(19)17-16(23)24-13)5-6-11(12)22-9-14(18)21-4-2/h5-8H,3-4,9H2,1-2H3,(H,17,19,23)/b13-8-. The Hall–Kier alpha value is -2.06. The summed E-state index contributed by atoms with van der Waals surface area (Å²) in [5.41, 5.74) is 0.768. The van der Waals surface area contributed by atoms with Crippen molar-refractivity contribution in [1.29, 1.82) is 0 Å². The minimum absolute atomic E-state index is 0.194. The topological polar surface area (TPSA) is 73.9 Å². The molecule has 8 heteroatoms. The summed E-state index contributed by atoms with van der Waals surface area (Å²) < 4.78 is 16.2. The molecule has 0 aliphatic carbocycles. The third-order valence-corrected chi connectivity index (χ3v) is 4.02. The summed E-state index contributed by atoms with van der Waals surface area (Å²) in [5.74, 6) is 0.262. The van der Waals surface area contributed by atoms with Gasteiger partial charge in [0.2, 0.25) is 0 Å². The van der Waals surface area contributed by atoms with Crippen LogP contribution in [0.2, 0.25) is 0 Å². The van der Waals surface area contributed by atoms with Gasteiger partial charge in [-0.15, -0.1) is 0 Å². The highest BCUT2D eigenvalue weighted by Gasteiger charge is 2.22. The van der Waals surface area contributed by atoms with Crippen LogP contribution in [0.1, 0.15) is 19.4 Å². The molecule has 0 aromatic heterocycles. The Kier molecular flexibility index (Phi) is 6.62. The maximum Gasteiger partial charge on any atom is 0.344 e. The Morgan fingerprint density at radius 2 is 2.04 bits per heavy atom. The molecule has 0 atom stereocenters. The van der Waals surface area contributed by atoms with Gasteiger partial charge in [-0.05, 0) is 37.6 Å². The normalized spacial score (nSPS) is 15.3. The lowest BCUT2D eigenvalue weighted by molar-refractivity contribution is -0.145. The van der Waals surface area contributed by atoms with Gasteiger partial charge in [0.1, 0.15) is 4.32 Å². The average molecular weight is 367 g/mol. The summed E-state index contributed by atoms with van der Waals surface area (Å²) in [4.78, 5) is 23.6. The first kappa shape index (κ1) is 18.3. The fourth-order valence-corrected chi connectivity index (χ4v) is 2.96. The predicted molar refractivity (Wildman–Crippen MR) is 96.0 cm³/mol. The van der Waals surface area contributed by atoms with Gasteiger partial charge in [-0.25, -0.2) is 4.79 Å². The van der Waals surface area contributed by atoms with Gasteiger partial charge in [0, 0.05) is 0 Å². The zero-order valence-corrected chi connectivity index (χ0v) is 14.9. The number of ether oxygens (including phenoxy) is 3. The molecule has 1 amide bonds. The van der Waals surface area contributed by atoms with Crippen LogP contribution in [0.25, 0.3) is 6.08 Å². The van der Waals surface area contributed by atoms with Crippen LogP contribution < -0.4 is 14.8 Å². The van der Waals surface area contributed by atoms with E-state index in [0.717, 1.165) is 5.56 Å². The van der Waals surface area contributed by atoms with Crippen molar-refractivity contribution in [2.75, 3.05) is 19.8 Å². The number of carbonyl (C=O) groups excluding carboxylic acids is 2. The molecule has 1 aliphatic rings. The second kappa shape index (κ2) is 8.70. The number of nitrogens with one attached hydrogen (secondary N) is 1. The van der Waals surface area contributed by atoms with Gasteiger partial charge in [0.05, 0.1) is 18.1 Å². The number of benzene rings is 1. The van der Waals surface area contributed by atoms with E-state index in [1.165, 1.54) is 11.8 Å². The molecule has 1 fully saturated rings. The van der Waals surface area contributed by atoms with E-state index in [2.05, 4.69) is 5.32 Å². The van der Waals surface area contributed by atoms with E-state index >= 15 is 0 Å². The van der Waals surface area contributed by atoms with Crippen LogP contribution in [0.15, 0.2) is 23.1 Å². The molecule has 0 saturated carbocycles. The fraction of sp³-hybridized carbons (Fsp3) is 0.312. The monoisotopic (exact) mass is 367 g/mol. The van der Waals surface area contributed by atoms with E-state index in [1.807, 2.05) is 6.92 Å². The van der Waals surface area contributed by atoms with Gasteiger partial charge >= 0.3 is 5.97 Å². The number of amides is 1. The lowest BCUT2D eigenvalue weighted by Gasteiger charge is -2.12. The van der Waals surface area contributed by atoms with E-state index in [4.69, 9.17) is 26.4 Å². The summed E-state index contributed by atoms with van der Waals surface area (Å²) in [6.07, 6.45) is 1.72. The minimum atomic E-state index is -0.446. The van der Waals surface area contributed by atoms with Crippen molar-refractivity contribution in [1.82, 2.24) is 5.32 Å². The molecule has 128 valence electrons. The smallest absolute Gasteiger partial charge is 0.344 e. The molecular formula is C16H17NO5S2. The number of rotatable bonds is 7. The van der Waals surface area contributed by atoms with E-state index in [0.29, 0.717) is 33.9 Å². The van der Waals surface area contributed by atoms with Crippen molar-refractivity contribution in [2.24, 2.45) is 0 Å². The Balaban J connectivity index is 2.16. The van der Waals surface area contributed by atoms with E-state index in [1.54, 1.807) is 31.2 Å². The Bertz CT molecular complexity index is 687. The molecule has 1 heterocycles. The van der Waals surface area contributed by atoms with Crippen LogP contribution >= 0.6 is 24.0 Å². The van der Waals surface area contributed by atoms with Gasteiger partial charge in [0.25, 0.3) is 5.91 Å². The van der Waals surface area contributed by atoms with Crippen LogP contribution in [-0.4, -0.2) is 36.0 Å². The molecule has 1 saturated heterocycles. The molecule has 1 aromatic carbocycles. The van der Waals surface area contributed by atoms with Crippen molar-refractivity contribution >= 4 is 46.3 Å². The molecule has 1 aromatic rings.